The second-order valence-corrected chi connectivity index (χ2v) is 6.53. The maximum Gasteiger partial charge on any atom is 0.110 e. The van der Waals surface area contributed by atoms with E-state index in [-0.39, 0.29) is 5.25 Å². The number of thioether (sulfide) groups is 2. The first-order valence-electron chi connectivity index (χ1n) is 5.32. The zero-order valence-electron chi connectivity index (χ0n) is 9.10. The van der Waals surface area contributed by atoms with Crippen molar-refractivity contribution in [2.45, 2.75) is 24.8 Å². The van der Waals surface area contributed by atoms with Gasteiger partial charge in [-0.25, -0.2) is 0 Å². The first-order valence-corrected chi connectivity index (χ1v) is 7.90. The topological polar surface area (TPSA) is 38.0 Å². The molecule has 90 valence electrons. The van der Waals surface area contributed by atoms with E-state index in [0.29, 0.717) is 5.02 Å². The third-order valence-corrected chi connectivity index (χ3v) is 5.75. The molecule has 16 heavy (non-hydrogen) atoms. The maximum atomic E-state index is 10.3. The lowest BCUT2D eigenvalue weighted by Crippen LogP contribution is -2.24. The van der Waals surface area contributed by atoms with Gasteiger partial charge in [-0.15, -0.1) is 0 Å². The summed E-state index contributed by atoms with van der Waals surface area (Å²) >= 11 is 9.80. The molecule has 0 bridgehead atoms. The van der Waals surface area contributed by atoms with Crippen molar-refractivity contribution >= 4 is 35.1 Å². The van der Waals surface area contributed by atoms with Gasteiger partial charge in [0.15, 0.2) is 0 Å². The lowest BCUT2D eigenvalue weighted by Gasteiger charge is -2.26. The minimum atomic E-state index is -0.507. The van der Waals surface area contributed by atoms with Crippen LogP contribution in [0.4, 0.5) is 0 Å². The summed E-state index contributed by atoms with van der Waals surface area (Å²) in [5.74, 6) is 3.26. The molecule has 1 fully saturated rings. The molecular weight excluding hydrogens is 264 g/mol. The van der Waals surface area contributed by atoms with Crippen LogP contribution in [0.2, 0.25) is 5.02 Å². The van der Waals surface area contributed by atoms with Crippen LogP contribution >= 0.6 is 35.1 Å². The van der Waals surface area contributed by atoms with E-state index >= 15 is 0 Å². The van der Waals surface area contributed by atoms with Gasteiger partial charge in [0.1, 0.15) is 6.10 Å². The highest BCUT2D eigenvalue weighted by molar-refractivity contribution is 8.06. The quantitative estimate of drug-likeness (QED) is 0.922. The highest BCUT2D eigenvalue weighted by atomic mass is 35.5. The van der Waals surface area contributed by atoms with Crippen molar-refractivity contribution in [2.75, 3.05) is 17.3 Å². The number of halogens is 1. The molecule has 2 atom stereocenters. The highest BCUT2D eigenvalue weighted by Crippen LogP contribution is 2.35. The first-order chi connectivity index (χ1) is 7.74. The number of aryl methyl sites for hydroxylation is 1. The van der Waals surface area contributed by atoms with Gasteiger partial charge in [-0.1, -0.05) is 11.6 Å². The Morgan fingerprint density at radius 3 is 3.12 bits per heavy atom. The van der Waals surface area contributed by atoms with E-state index in [4.69, 9.17) is 11.6 Å². The molecule has 6 heteroatoms. The van der Waals surface area contributed by atoms with Gasteiger partial charge >= 0.3 is 0 Å². The molecule has 1 aliphatic rings. The normalized spacial score (nSPS) is 23.3. The Balaban J connectivity index is 2.18. The monoisotopic (exact) mass is 278 g/mol. The van der Waals surface area contributed by atoms with Crippen LogP contribution in [0, 0.1) is 0 Å². The van der Waals surface area contributed by atoms with Crippen molar-refractivity contribution in [1.29, 1.82) is 0 Å². The van der Waals surface area contributed by atoms with Gasteiger partial charge in [0, 0.05) is 29.1 Å². The van der Waals surface area contributed by atoms with E-state index in [9.17, 15) is 5.11 Å². The highest BCUT2D eigenvalue weighted by Gasteiger charge is 2.28. The van der Waals surface area contributed by atoms with Crippen LogP contribution < -0.4 is 0 Å². The number of hydrogen-bond donors (Lipinski definition) is 1. The molecule has 2 unspecified atom stereocenters. The Kier molecular flexibility index (Phi) is 4.47. The molecule has 1 saturated heterocycles. The van der Waals surface area contributed by atoms with E-state index in [2.05, 4.69) is 5.10 Å². The number of rotatable bonds is 3. The molecule has 1 aromatic rings. The number of aliphatic hydroxyl groups excluding tert-OH is 1. The fourth-order valence-corrected chi connectivity index (χ4v) is 4.76. The number of nitrogens with zero attached hydrogens (tertiary/aromatic N) is 2. The van der Waals surface area contributed by atoms with Gasteiger partial charge in [0.05, 0.1) is 16.9 Å². The second-order valence-electron chi connectivity index (χ2n) is 3.62. The molecule has 0 amide bonds. The Labute approximate surface area is 109 Å². The number of aliphatic hydroxyl groups is 1. The van der Waals surface area contributed by atoms with E-state index in [0.717, 1.165) is 23.7 Å². The lowest BCUT2D eigenvalue weighted by atomic mass is 10.2. The summed E-state index contributed by atoms with van der Waals surface area (Å²) < 4.78 is 1.78. The van der Waals surface area contributed by atoms with Gasteiger partial charge in [0.25, 0.3) is 0 Å². The van der Waals surface area contributed by atoms with Gasteiger partial charge in [-0.2, -0.15) is 28.6 Å². The molecule has 3 nitrogen and oxygen atoms in total. The fraction of sp³-hybridized carbons (Fsp3) is 0.700. The SMILES string of the molecule is CCn1ncc(Cl)c1C(O)C1CSCCS1. The van der Waals surface area contributed by atoms with E-state index in [1.165, 1.54) is 5.75 Å². The predicted octanol–water partition coefficient (Wildman–Crippen LogP) is 2.44. The summed E-state index contributed by atoms with van der Waals surface area (Å²) in [5.41, 5.74) is 0.768. The van der Waals surface area contributed by atoms with Crippen molar-refractivity contribution in [3.05, 3.63) is 16.9 Å². The third kappa shape index (κ3) is 2.53. The second kappa shape index (κ2) is 5.67. The van der Waals surface area contributed by atoms with Crippen LogP contribution in [-0.2, 0) is 6.54 Å². The average Bonchev–Trinajstić information content (AvgIpc) is 2.70. The van der Waals surface area contributed by atoms with Crippen LogP contribution in [0.1, 0.15) is 18.7 Å². The molecule has 1 aromatic heterocycles. The summed E-state index contributed by atoms with van der Waals surface area (Å²) in [4.78, 5) is 0. The Hall–Kier alpha value is 0.160. The zero-order valence-corrected chi connectivity index (χ0v) is 11.5. The van der Waals surface area contributed by atoms with Crippen LogP contribution in [0.25, 0.3) is 0 Å². The van der Waals surface area contributed by atoms with Crippen LogP contribution in [0.5, 0.6) is 0 Å². The van der Waals surface area contributed by atoms with E-state index in [1.807, 2.05) is 30.4 Å². The molecule has 0 radical (unpaired) electrons. The van der Waals surface area contributed by atoms with Gasteiger partial charge in [-0.3, -0.25) is 4.68 Å². The van der Waals surface area contributed by atoms with Crippen LogP contribution in [0.3, 0.4) is 0 Å². The van der Waals surface area contributed by atoms with Crippen LogP contribution in [0.15, 0.2) is 6.20 Å². The molecule has 2 rings (SSSR count). The van der Waals surface area contributed by atoms with Crippen molar-refractivity contribution < 1.29 is 5.11 Å². The largest absolute Gasteiger partial charge is 0.386 e. The summed E-state index contributed by atoms with van der Waals surface area (Å²) in [6.07, 6.45) is 1.11. The van der Waals surface area contributed by atoms with E-state index in [1.54, 1.807) is 10.9 Å². The zero-order chi connectivity index (χ0) is 11.5. The third-order valence-electron chi connectivity index (χ3n) is 2.61. The summed E-state index contributed by atoms with van der Waals surface area (Å²) in [5, 5.41) is 15.3. The number of hydrogen-bond acceptors (Lipinski definition) is 4. The fourth-order valence-electron chi connectivity index (χ4n) is 1.78. The van der Waals surface area contributed by atoms with Gasteiger partial charge < -0.3 is 5.11 Å². The Morgan fingerprint density at radius 1 is 1.69 bits per heavy atom. The molecule has 1 aliphatic heterocycles. The minimum absolute atomic E-state index is 0.234. The van der Waals surface area contributed by atoms with Crippen LogP contribution in [-0.4, -0.2) is 37.4 Å². The minimum Gasteiger partial charge on any atom is -0.386 e. The van der Waals surface area contributed by atoms with Crippen molar-refractivity contribution in [3.8, 4) is 0 Å². The van der Waals surface area contributed by atoms with Crippen molar-refractivity contribution in [3.63, 3.8) is 0 Å². The Morgan fingerprint density at radius 2 is 2.50 bits per heavy atom. The average molecular weight is 279 g/mol. The summed E-state index contributed by atoms with van der Waals surface area (Å²) in [7, 11) is 0. The molecule has 0 saturated carbocycles. The maximum absolute atomic E-state index is 10.3. The molecule has 0 aromatic carbocycles. The standard InChI is InChI=1S/C10H15ClN2OS2/c1-2-13-9(7(11)5-12-13)10(14)8-6-15-3-4-16-8/h5,8,10,14H,2-4,6H2,1H3. The molecular formula is C10H15ClN2OS2. The van der Waals surface area contributed by atoms with Crippen molar-refractivity contribution in [1.82, 2.24) is 9.78 Å². The lowest BCUT2D eigenvalue weighted by molar-refractivity contribution is 0.169. The van der Waals surface area contributed by atoms with Gasteiger partial charge in [-0.05, 0) is 6.92 Å². The Bertz CT molecular complexity index is 353. The predicted molar refractivity (Wildman–Crippen MR) is 71.4 cm³/mol. The summed E-state index contributed by atoms with van der Waals surface area (Å²) in [6, 6.07) is 0. The van der Waals surface area contributed by atoms with E-state index < -0.39 is 6.10 Å². The van der Waals surface area contributed by atoms with Crippen molar-refractivity contribution in [2.24, 2.45) is 0 Å². The molecule has 1 N–H and O–H groups in total. The number of aromatic nitrogens is 2. The molecule has 0 spiro atoms. The smallest absolute Gasteiger partial charge is 0.110 e. The molecule has 2 heterocycles. The summed E-state index contributed by atoms with van der Waals surface area (Å²) in [6.45, 7) is 2.74. The molecule has 0 aliphatic carbocycles. The van der Waals surface area contributed by atoms with Gasteiger partial charge in [0.2, 0.25) is 0 Å². The first kappa shape index (κ1) is 12.6.